The Balaban J connectivity index is 2.09. The first-order valence-corrected chi connectivity index (χ1v) is 6.70. The van der Waals surface area contributed by atoms with Gasteiger partial charge in [0.1, 0.15) is 0 Å². The van der Waals surface area contributed by atoms with Gasteiger partial charge in [-0.15, -0.1) is 0 Å². The van der Waals surface area contributed by atoms with E-state index < -0.39 is 11.8 Å². The molecule has 1 saturated carbocycles. The molecule has 0 bridgehead atoms. The zero-order valence-corrected chi connectivity index (χ0v) is 11.9. The highest BCUT2D eigenvalue weighted by atomic mass is 35.5. The van der Waals surface area contributed by atoms with E-state index in [1.807, 2.05) is 0 Å². The van der Waals surface area contributed by atoms with Gasteiger partial charge < -0.3 is 10.1 Å². The van der Waals surface area contributed by atoms with E-state index in [2.05, 4.69) is 11.9 Å². The van der Waals surface area contributed by atoms with Crippen molar-refractivity contribution in [2.24, 2.45) is 11.8 Å². The molecule has 0 saturated heterocycles. The fourth-order valence-electron chi connectivity index (χ4n) is 2.43. The Morgan fingerprint density at radius 1 is 1.25 bits per heavy atom. The molecule has 1 N–H and O–H groups in total. The van der Waals surface area contributed by atoms with E-state index in [1.165, 1.54) is 7.11 Å². The summed E-state index contributed by atoms with van der Waals surface area (Å²) in [6.45, 7) is 3.87. The van der Waals surface area contributed by atoms with Crippen LogP contribution in [0.5, 0.6) is 0 Å². The number of carbonyl (C=O) groups is 2. The number of carbonyl (C=O) groups excluding carboxylic acids is 2. The molecule has 0 unspecified atom stereocenters. The van der Waals surface area contributed by atoms with Gasteiger partial charge in [-0.1, -0.05) is 23.8 Å². The van der Waals surface area contributed by atoms with Gasteiger partial charge in [0.05, 0.1) is 18.9 Å². The van der Waals surface area contributed by atoms with Crippen LogP contribution in [0.3, 0.4) is 0 Å². The molecule has 5 heteroatoms. The van der Waals surface area contributed by atoms with E-state index in [1.54, 1.807) is 24.3 Å². The summed E-state index contributed by atoms with van der Waals surface area (Å²) in [5, 5.41) is 3.40. The van der Waals surface area contributed by atoms with Crippen LogP contribution in [0.1, 0.15) is 12.8 Å². The van der Waals surface area contributed by atoms with Gasteiger partial charge in [-0.25, -0.2) is 0 Å². The van der Waals surface area contributed by atoms with Crippen LogP contribution in [0.25, 0.3) is 0 Å². The van der Waals surface area contributed by atoms with E-state index in [4.69, 9.17) is 16.3 Å². The maximum absolute atomic E-state index is 12.3. The Kier molecular flexibility index (Phi) is 4.45. The van der Waals surface area contributed by atoms with Gasteiger partial charge in [0.25, 0.3) is 0 Å². The molecular formula is C15H16ClNO3. The Morgan fingerprint density at radius 3 is 2.45 bits per heavy atom. The van der Waals surface area contributed by atoms with E-state index in [0.29, 0.717) is 23.6 Å². The number of benzene rings is 1. The van der Waals surface area contributed by atoms with Crippen LogP contribution in [0.15, 0.2) is 36.4 Å². The number of methoxy groups -OCH3 is 1. The van der Waals surface area contributed by atoms with E-state index in [0.717, 1.165) is 5.57 Å². The average Bonchev–Trinajstić information content (AvgIpc) is 2.82. The maximum Gasteiger partial charge on any atom is 0.309 e. The Bertz CT molecular complexity index is 539. The lowest BCUT2D eigenvalue weighted by Crippen LogP contribution is -2.30. The number of allylic oxidation sites excluding steroid dienone is 1. The highest BCUT2D eigenvalue weighted by molar-refractivity contribution is 6.30. The number of esters is 1. The molecule has 0 aliphatic heterocycles. The van der Waals surface area contributed by atoms with Gasteiger partial charge in [-0.2, -0.15) is 0 Å². The molecule has 20 heavy (non-hydrogen) atoms. The predicted molar refractivity (Wildman–Crippen MR) is 77.5 cm³/mol. The quantitative estimate of drug-likeness (QED) is 0.688. The lowest BCUT2D eigenvalue weighted by Gasteiger charge is -2.16. The summed E-state index contributed by atoms with van der Waals surface area (Å²) < 4.78 is 4.75. The molecule has 1 aliphatic carbocycles. The Hall–Kier alpha value is -1.81. The monoisotopic (exact) mass is 293 g/mol. The van der Waals surface area contributed by atoms with Crippen molar-refractivity contribution >= 4 is 29.2 Å². The third-order valence-electron chi connectivity index (χ3n) is 3.46. The molecule has 0 radical (unpaired) electrons. The van der Waals surface area contributed by atoms with Crippen LogP contribution >= 0.6 is 11.6 Å². The predicted octanol–water partition coefficient (Wildman–Crippen LogP) is 3.03. The first-order valence-electron chi connectivity index (χ1n) is 6.32. The van der Waals surface area contributed by atoms with Crippen LogP contribution < -0.4 is 5.32 Å². The van der Waals surface area contributed by atoms with Gasteiger partial charge in [0.15, 0.2) is 0 Å². The summed E-state index contributed by atoms with van der Waals surface area (Å²) in [7, 11) is 1.33. The topological polar surface area (TPSA) is 55.4 Å². The van der Waals surface area contributed by atoms with Crippen LogP contribution in [0.4, 0.5) is 5.69 Å². The molecule has 0 heterocycles. The second-order valence-corrected chi connectivity index (χ2v) is 5.33. The number of ether oxygens (including phenoxy) is 1. The maximum atomic E-state index is 12.3. The van der Waals surface area contributed by atoms with Crippen molar-refractivity contribution in [3.63, 3.8) is 0 Å². The summed E-state index contributed by atoms with van der Waals surface area (Å²) in [4.78, 5) is 24.0. The van der Waals surface area contributed by atoms with E-state index in [9.17, 15) is 9.59 Å². The lowest BCUT2D eigenvalue weighted by atomic mass is 9.95. The second kappa shape index (κ2) is 6.09. The molecule has 4 nitrogen and oxygen atoms in total. The molecule has 1 fully saturated rings. The van der Waals surface area contributed by atoms with Crippen LogP contribution in [-0.4, -0.2) is 19.0 Å². The molecule has 1 aliphatic rings. The van der Waals surface area contributed by atoms with Crippen molar-refractivity contribution in [2.45, 2.75) is 12.8 Å². The van der Waals surface area contributed by atoms with Crippen molar-refractivity contribution in [3.8, 4) is 0 Å². The van der Waals surface area contributed by atoms with E-state index in [-0.39, 0.29) is 11.9 Å². The molecule has 0 spiro atoms. The van der Waals surface area contributed by atoms with Gasteiger partial charge in [-0.05, 0) is 37.1 Å². The minimum Gasteiger partial charge on any atom is -0.469 e. The third-order valence-corrected chi connectivity index (χ3v) is 3.71. The first kappa shape index (κ1) is 14.6. The smallest absolute Gasteiger partial charge is 0.309 e. The first-order chi connectivity index (χ1) is 9.51. The second-order valence-electron chi connectivity index (χ2n) is 4.89. The molecule has 2 rings (SSSR count). The fourth-order valence-corrected chi connectivity index (χ4v) is 2.56. The van der Waals surface area contributed by atoms with Crippen LogP contribution in [0, 0.1) is 11.8 Å². The molecule has 1 aromatic carbocycles. The largest absolute Gasteiger partial charge is 0.469 e. The summed E-state index contributed by atoms with van der Waals surface area (Å²) in [6, 6.07) is 6.83. The van der Waals surface area contributed by atoms with Crippen molar-refractivity contribution < 1.29 is 14.3 Å². The number of hydrogen-bond acceptors (Lipinski definition) is 3. The van der Waals surface area contributed by atoms with Gasteiger partial charge in [0.2, 0.25) is 5.91 Å². The van der Waals surface area contributed by atoms with E-state index >= 15 is 0 Å². The van der Waals surface area contributed by atoms with Gasteiger partial charge in [0, 0.05) is 10.7 Å². The van der Waals surface area contributed by atoms with Crippen molar-refractivity contribution in [3.05, 3.63) is 41.4 Å². The van der Waals surface area contributed by atoms with Crippen LogP contribution in [-0.2, 0) is 14.3 Å². The van der Waals surface area contributed by atoms with Crippen molar-refractivity contribution in [1.29, 1.82) is 0 Å². The fraction of sp³-hybridized carbons (Fsp3) is 0.333. The standard InChI is InChI=1S/C15H16ClNO3/c1-9-7-12(13(8-9)15(19)20-2)14(18)17-11-5-3-10(16)4-6-11/h3-6,12-13H,1,7-8H2,2H3,(H,17,18)/t12-,13+/m1/s1. The number of hydrogen-bond donors (Lipinski definition) is 1. The highest BCUT2D eigenvalue weighted by Gasteiger charge is 2.40. The van der Waals surface area contributed by atoms with Crippen molar-refractivity contribution in [1.82, 2.24) is 0 Å². The molecule has 2 atom stereocenters. The summed E-state index contributed by atoms with van der Waals surface area (Å²) in [6.07, 6.45) is 1.02. The minimum absolute atomic E-state index is 0.193. The minimum atomic E-state index is -0.445. The zero-order chi connectivity index (χ0) is 14.7. The summed E-state index contributed by atoms with van der Waals surface area (Å²) in [5.74, 6) is -1.42. The number of amides is 1. The van der Waals surface area contributed by atoms with Gasteiger partial charge >= 0.3 is 5.97 Å². The molecule has 1 aromatic rings. The van der Waals surface area contributed by atoms with Gasteiger partial charge in [-0.3, -0.25) is 9.59 Å². The highest BCUT2D eigenvalue weighted by Crippen LogP contribution is 2.36. The molecule has 106 valence electrons. The lowest BCUT2D eigenvalue weighted by molar-refractivity contribution is -0.148. The Labute approximate surface area is 122 Å². The third kappa shape index (κ3) is 3.20. The number of nitrogens with one attached hydrogen (secondary N) is 1. The van der Waals surface area contributed by atoms with Crippen molar-refractivity contribution in [2.75, 3.05) is 12.4 Å². The number of halogens is 1. The summed E-state index contributed by atoms with van der Waals surface area (Å²) >= 11 is 5.79. The Morgan fingerprint density at radius 2 is 1.85 bits per heavy atom. The van der Waals surface area contributed by atoms with Crippen LogP contribution in [0.2, 0.25) is 5.02 Å². The number of anilines is 1. The normalized spacial score (nSPS) is 21.6. The molecule has 0 aromatic heterocycles. The average molecular weight is 294 g/mol. The molecular weight excluding hydrogens is 278 g/mol. The SMILES string of the molecule is C=C1C[C@H](C(=O)OC)[C@H](C(=O)Nc2ccc(Cl)cc2)C1. The number of rotatable bonds is 3. The molecule has 1 amide bonds. The summed E-state index contributed by atoms with van der Waals surface area (Å²) in [5.41, 5.74) is 1.55. The zero-order valence-electron chi connectivity index (χ0n) is 11.2.